The minimum Gasteiger partial charge on any atom is -0.390 e. The second kappa shape index (κ2) is 4.97. The van der Waals surface area contributed by atoms with Gasteiger partial charge in [0.05, 0.1) is 5.60 Å². The van der Waals surface area contributed by atoms with E-state index in [9.17, 15) is 5.11 Å². The second-order valence-electron chi connectivity index (χ2n) is 4.32. The van der Waals surface area contributed by atoms with Crippen molar-refractivity contribution in [2.24, 2.45) is 0 Å². The molecule has 0 unspecified atom stereocenters. The lowest BCUT2D eigenvalue weighted by atomic mass is 9.87. The van der Waals surface area contributed by atoms with Gasteiger partial charge in [-0.15, -0.1) is 0 Å². The summed E-state index contributed by atoms with van der Waals surface area (Å²) < 4.78 is 0. The van der Waals surface area contributed by atoms with Crippen LogP contribution in [0.2, 0.25) is 0 Å². The molecule has 78 valence electrons. The molecule has 0 saturated carbocycles. The number of hydrogen-bond donors (Lipinski definition) is 1. The Labute approximate surface area is 81.9 Å². The van der Waals surface area contributed by atoms with E-state index in [-0.39, 0.29) is 5.60 Å². The molecule has 2 heteroatoms. The molecule has 0 bridgehead atoms. The molecule has 1 aliphatic heterocycles. The largest absolute Gasteiger partial charge is 0.390 e. The molecule has 0 aromatic rings. The van der Waals surface area contributed by atoms with Crippen LogP contribution >= 0.6 is 0 Å². The van der Waals surface area contributed by atoms with Gasteiger partial charge in [-0.25, -0.2) is 0 Å². The fraction of sp³-hybridized carbons (Fsp3) is 1.00. The highest BCUT2D eigenvalue weighted by molar-refractivity contribution is 4.85. The molecule has 1 heterocycles. The van der Waals surface area contributed by atoms with Gasteiger partial charge in [0, 0.05) is 13.1 Å². The molecule has 2 nitrogen and oxygen atoms in total. The van der Waals surface area contributed by atoms with E-state index < -0.39 is 0 Å². The zero-order valence-corrected chi connectivity index (χ0v) is 9.05. The average molecular weight is 185 g/mol. The molecule has 1 fully saturated rings. The lowest BCUT2D eigenvalue weighted by Gasteiger charge is -2.38. The zero-order valence-electron chi connectivity index (χ0n) is 9.05. The van der Waals surface area contributed by atoms with E-state index in [1.807, 2.05) is 0 Å². The summed E-state index contributed by atoms with van der Waals surface area (Å²) in [6.45, 7) is 7.74. The van der Waals surface area contributed by atoms with Crippen molar-refractivity contribution in [3.05, 3.63) is 0 Å². The minimum atomic E-state index is -0.334. The molecule has 13 heavy (non-hydrogen) atoms. The van der Waals surface area contributed by atoms with Crippen molar-refractivity contribution in [2.45, 2.75) is 51.6 Å². The molecule has 0 atom stereocenters. The average Bonchev–Trinajstić information content (AvgIpc) is 2.10. The van der Waals surface area contributed by atoms with Crippen LogP contribution in [0.1, 0.15) is 46.0 Å². The summed E-state index contributed by atoms with van der Waals surface area (Å²) in [4.78, 5) is 2.46. The maximum atomic E-state index is 10.1. The summed E-state index contributed by atoms with van der Waals surface area (Å²) >= 11 is 0. The maximum Gasteiger partial charge on any atom is 0.0672 e. The van der Waals surface area contributed by atoms with Crippen molar-refractivity contribution >= 4 is 0 Å². The van der Waals surface area contributed by atoms with Crippen LogP contribution in [0.3, 0.4) is 0 Å². The van der Waals surface area contributed by atoms with E-state index in [4.69, 9.17) is 0 Å². The van der Waals surface area contributed by atoms with Gasteiger partial charge in [0.15, 0.2) is 0 Å². The topological polar surface area (TPSA) is 23.5 Å². The number of piperidine rings is 1. The number of hydrogen-bond acceptors (Lipinski definition) is 2. The summed E-state index contributed by atoms with van der Waals surface area (Å²) in [6, 6.07) is 0. The summed E-state index contributed by atoms with van der Waals surface area (Å²) in [7, 11) is 0. The van der Waals surface area contributed by atoms with E-state index in [0.717, 1.165) is 38.8 Å². The molecule has 1 saturated heterocycles. The van der Waals surface area contributed by atoms with Crippen LogP contribution in [0.15, 0.2) is 0 Å². The minimum absolute atomic E-state index is 0.334. The Hall–Kier alpha value is -0.0800. The van der Waals surface area contributed by atoms with Gasteiger partial charge in [-0.1, -0.05) is 20.3 Å². The lowest BCUT2D eigenvalue weighted by molar-refractivity contribution is -0.0278. The molecular formula is C11H23NO. The summed E-state index contributed by atoms with van der Waals surface area (Å²) in [5.74, 6) is 0. The highest BCUT2D eigenvalue weighted by atomic mass is 16.3. The molecule has 0 aromatic heterocycles. The molecular weight excluding hydrogens is 162 g/mol. The first-order valence-corrected chi connectivity index (χ1v) is 5.65. The van der Waals surface area contributed by atoms with Gasteiger partial charge >= 0.3 is 0 Å². The fourth-order valence-electron chi connectivity index (χ4n) is 2.22. The van der Waals surface area contributed by atoms with Gasteiger partial charge < -0.3 is 10.0 Å². The van der Waals surface area contributed by atoms with E-state index >= 15 is 0 Å². The van der Waals surface area contributed by atoms with Crippen molar-refractivity contribution in [3.63, 3.8) is 0 Å². The molecule has 1 rings (SSSR count). The van der Waals surface area contributed by atoms with E-state index in [1.54, 1.807) is 0 Å². The quantitative estimate of drug-likeness (QED) is 0.724. The Morgan fingerprint density at radius 2 is 1.77 bits per heavy atom. The van der Waals surface area contributed by atoms with Crippen molar-refractivity contribution < 1.29 is 5.11 Å². The highest BCUT2D eigenvalue weighted by Crippen LogP contribution is 2.26. The van der Waals surface area contributed by atoms with Gasteiger partial charge in [0.2, 0.25) is 0 Å². The van der Waals surface area contributed by atoms with Crippen LogP contribution in [0.25, 0.3) is 0 Å². The predicted molar refractivity (Wildman–Crippen MR) is 55.8 cm³/mol. The monoisotopic (exact) mass is 185 g/mol. The van der Waals surface area contributed by atoms with Crippen molar-refractivity contribution in [3.8, 4) is 0 Å². The Kier molecular flexibility index (Phi) is 4.20. The zero-order chi connectivity index (χ0) is 9.73. The summed E-state index contributed by atoms with van der Waals surface area (Å²) in [5, 5.41) is 10.1. The normalized spacial score (nSPS) is 23.3. The van der Waals surface area contributed by atoms with Crippen LogP contribution in [0, 0.1) is 0 Å². The Morgan fingerprint density at radius 1 is 1.15 bits per heavy atom. The molecule has 0 spiro atoms. The number of rotatable bonds is 4. The third-order valence-electron chi connectivity index (χ3n) is 3.04. The van der Waals surface area contributed by atoms with Crippen LogP contribution in [-0.2, 0) is 0 Å². The maximum absolute atomic E-state index is 10.1. The van der Waals surface area contributed by atoms with Gasteiger partial charge in [0.25, 0.3) is 0 Å². The molecule has 1 N–H and O–H groups in total. The molecule has 0 radical (unpaired) electrons. The predicted octanol–water partition coefficient (Wildman–Crippen LogP) is 2.02. The van der Waals surface area contributed by atoms with Crippen molar-refractivity contribution in [2.75, 3.05) is 19.6 Å². The van der Waals surface area contributed by atoms with Crippen molar-refractivity contribution in [1.29, 1.82) is 0 Å². The lowest BCUT2D eigenvalue weighted by Crippen LogP contribution is -2.44. The SMILES string of the molecule is CCCN1CCC(O)(CCC)CC1. The van der Waals surface area contributed by atoms with Gasteiger partial charge in [0.1, 0.15) is 0 Å². The first-order chi connectivity index (χ1) is 6.20. The number of nitrogens with zero attached hydrogens (tertiary/aromatic N) is 1. The first-order valence-electron chi connectivity index (χ1n) is 5.65. The Morgan fingerprint density at radius 3 is 2.23 bits per heavy atom. The third-order valence-corrected chi connectivity index (χ3v) is 3.04. The van der Waals surface area contributed by atoms with Gasteiger partial charge in [-0.05, 0) is 32.2 Å². The van der Waals surface area contributed by atoms with Crippen molar-refractivity contribution in [1.82, 2.24) is 4.90 Å². The molecule has 1 aliphatic rings. The molecule has 0 amide bonds. The Bertz CT molecular complexity index is 139. The van der Waals surface area contributed by atoms with E-state index in [1.165, 1.54) is 13.0 Å². The summed E-state index contributed by atoms with van der Waals surface area (Å²) in [5.41, 5.74) is -0.334. The third kappa shape index (κ3) is 3.28. The number of likely N-dealkylation sites (tertiary alicyclic amines) is 1. The van der Waals surface area contributed by atoms with Crippen LogP contribution in [-0.4, -0.2) is 35.2 Å². The van der Waals surface area contributed by atoms with E-state index in [0.29, 0.717) is 0 Å². The smallest absolute Gasteiger partial charge is 0.0672 e. The van der Waals surface area contributed by atoms with Crippen LogP contribution in [0.4, 0.5) is 0 Å². The summed E-state index contributed by atoms with van der Waals surface area (Å²) in [6.07, 6.45) is 5.26. The standard InChI is InChI=1S/C11H23NO/c1-3-5-11(13)6-9-12(8-4-2)10-7-11/h13H,3-10H2,1-2H3. The van der Waals surface area contributed by atoms with Crippen LogP contribution in [0.5, 0.6) is 0 Å². The van der Waals surface area contributed by atoms with Gasteiger partial charge in [-0.3, -0.25) is 0 Å². The number of aliphatic hydroxyl groups is 1. The molecule has 0 aliphatic carbocycles. The highest BCUT2D eigenvalue weighted by Gasteiger charge is 2.30. The fourth-order valence-corrected chi connectivity index (χ4v) is 2.22. The Balaban J connectivity index is 2.28. The first kappa shape index (κ1) is 11.0. The van der Waals surface area contributed by atoms with Gasteiger partial charge in [-0.2, -0.15) is 0 Å². The molecule has 0 aromatic carbocycles. The van der Waals surface area contributed by atoms with E-state index in [2.05, 4.69) is 18.7 Å². The van der Waals surface area contributed by atoms with Crippen LogP contribution < -0.4 is 0 Å². The second-order valence-corrected chi connectivity index (χ2v) is 4.32.